The van der Waals surface area contributed by atoms with Crippen LogP contribution in [-0.4, -0.2) is 18.1 Å². The van der Waals surface area contributed by atoms with Crippen molar-refractivity contribution in [2.75, 3.05) is 7.11 Å². The normalized spacial score (nSPS) is 12.7. The summed E-state index contributed by atoms with van der Waals surface area (Å²) in [6.07, 6.45) is 6.18. The average molecular weight is 331 g/mol. The van der Waals surface area contributed by atoms with Gasteiger partial charge in [0.05, 0.1) is 18.8 Å². The summed E-state index contributed by atoms with van der Waals surface area (Å²) < 4.78 is 5.25. The molecule has 0 aliphatic carbocycles. The van der Waals surface area contributed by atoms with Crippen molar-refractivity contribution >= 4 is 16.5 Å². The van der Waals surface area contributed by atoms with E-state index in [0.717, 1.165) is 23.4 Å². The van der Waals surface area contributed by atoms with Crippen molar-refractivity contribution in [2.45, 2.75) is 52.0 Å². The molecular formula is C18H25N3OS. The topological polar surface area (TPSA) is 46.8 Å². The summed E-state index contributed by atoms with van der Waals surface area (Å²) in [5.41, 5.74) is 1.95. The zero-order valence-electron chi connectivity index (χ0n) is 14.2. The van der Waals surface area contributed by atoms with E-state index in [2.05, 4.69) is 29.1 Å². The van der Waals surface area contributed by atoms with Crippen LogP contribution in [0.25, 0.3) is 11.3 Å². The third-order valence-electron chi connectivity index (χ3n) is 3.67. The van der Waals surface area contributed by atoms with Crippen LogP contribution in [0.4, 0.5) is 5.13 Å². The number of methoxy groups -OCH3 is 1. The molecule has 0 aliphatic heterocycles. The van der Waals surface area contributed by atoms with Crippen molar-refractivity contribution in [3.8, 4) is 17.0 Å². The zero-order valence-corrected chi connectivity index (χ0v) is 15.0. The van der Waals surface area contributed by atoms with Crippen molar-refractivity contribution in [3.05, 3.63) is 29.6 Å². The lowest BCUT2D eigenvalue weighted by Gasteiger charge is -2.03. The summed E-state index contributed by atoms with van der Waals surface area (Å²) in [6.45, 7) is 4.34. The molecule has 2 aromatic rings. The Kier molecular flexibility index (Phi) is 7.20. The lowest BCUT2D eigenvalue weighted by Crippen LogP contribution is -1.95. The summed E-state index contributed by atoms with van der Waals surface area (Å²) in [7, 11) is 1.67. The average Bonchev–Trinajstić information content (AvgIpc) is 3.06. The van der Waals surface area contributed by atoms with Crippen LogP contribution in [0.2, 0.25) is 0 Å². The summed E-state index contributed by atoms with van der Waals surface area (Å²) in [4.78, 5) is 4.54. The van der Waals surface area contributed by atoms with Gasteiger partial charge in [-0.1, -0.05) is 44.7 Å². The molecule has 0 spiro atoms. The molecule has 1 aromatic carbocycles. The van der Waals surface area contributed by atoms with Gasteiger partial charge in [0.25, 0.3) is 0 Å². The van der Waals surface area contributed by atoms with Crippen LogP contribution in [0.3, 0.4) is 0 Å². The standard InChI is InChI=1S/C18H25N3OS/c1-4-5-6-7-9-14(2)20-21-18-19-17(13-23-18)15-10-8-11-16(12-15)22-3/h8,10-14H,4-7,9H2,1-3H3. The first-order valence-corrected chi connectivity index (χ1v) is 9.11. The predicted molar refractivity (Wildman–Crippen MR) is 96.8 cm³/mol. The van der Waals surface area contributed by atoms with E-state index in [0.29, 0.717) is 5.13 Å². The quantitative estimate of drug-likeness (QED) is 0.402. The van der Waals surface area contributed by atoms with Crippen molar-refractivity contribution < 1.29 is 4.74 Å². The van der Waals surface area contributed by atoms with E-state index < -0.39 is 0 Å². The van der Waals surface area contributed by atoms with Crippen molar-refractivity contribution in [1.82, 2.24) is 4.98 Å². The molecule has 0 N–H and O–H groups in total. The molecule has 0 bridgehead atoms. The summed E-state index contributed by atoms with van der Waals surface area (Å²) in [5.74, 6) is 0.833. The predicted octanol–water partition coefficient (Wildman–Crippen LogP) is 6.26. The molecule has 0 saturated heterocycles. The number of unbranched alkanes of at least 4 members (excludes halogenated alkanes) is 3. The highest BCUT2D eigenvalue weighted by Gasteiger charge is 2.06. The third kappa shape index (κ3) is 5.75. The van der Waals surface area contributed by atoms with Gasteiger partial charge in [-0.2, -0.15) is 5.11 Å². The monoisotopic (exact) mass is 331 g/mol. The van der Waals surface area contributed by atoms with Crippen LogP contribution < -0.4 is 4.74 Å². The number of rotatable bonds is 9. The van der Waals surface area contributed by atoms with Gasteiger partial charge in [0.15, 0.2) is 0 Å². The minimum absolute atomic E-state index is 0.260. The van der Waals surface area contributed by atoms with Gasteiger partial charge in [-0.05, 0) is 25.5 Å². The number of ether oxygens (including phenoxy) is 1. The number of nitrogens with zero attached hydrogens (tertiary/aromatic N) is 3. The second kappa shape index (κ2) is 9.40. The Balaban J connectivity index is 1.92. The van der Waals surface area contributed by atoms with E-state index in [1.807, 2.05) is 29.6 Å². The number of aromatic nitrogens is 1. The first-order valence-electron chi connectivity index (χ1n) is 8.23. The largest absolute Gasteiger partial charge is 0.497 e. The molecule has 0 amide bonds. The van der Waals surface area contributed by atoms with Gasteiger partial charge in [-0.15, -0.1) is 16.5 Å². The number of thiazole rings is 1. The molecule has 5 heteroatoms. The van der Waals surface area contributed by atoms with E-state index in [4.69, 9.17) is 4.74 Å². The third-order valence-corrected chi connectivity index (χ3v) is 4.40. The van der Waals surface area contributed by atoms with E-state index in [1.54, 1.807) is 7.11 Å². The van der Waals surface area contributed by atoms with Crippen molar-refractivity contribution in [1.29, 1.82) is 0 Å². The van der Waals surface area contributed by atoms with Gasteiger partial charge >= 0.3 is 0 Å². The van der Waals surface area contributed by atoms with Crippen molar-refractivity contribution in [2.24, 2.45) is 10.2 Å². The fourth-order valence-electron chi connectivity index (χ4n) is 2.30. The highest BCUT2D eigenvalue weighted by molar-refractivity contribution is 7.13. The lowest BCUT2D eigenvalue weighted by molar-refractivity contribution is 0.415. The fourth-order valence-corrected chi connectivity index (χ4v) is 2.95. The number of azo groups is 1. The van der Waals surface area contributed by atoms with E-state index in [9.17, 15) is 0 Å². The Hall–Kier alpha value is -1.75. The van der Waals surface area contributed by atoms with Gasteiger partial charge in [0.1, 0.15) is 5.75 Å². The van der Waals surface area contributed by atoms with Crippen LogP contribution in [0, 0.1) is 0 Å². The molecule has 1 unspecified atom stereocenters. The van der Waals surface area contributed by atoms with Crippen LogP contribution in [0.5, 0.6) is 5.75 Å². The number of benzene rings is 1. The van der Waals surface area contributed by atoms with Crippen LogP contribution in [-0.2, 0) is 0 Å². The summed E-state index contributed by atoms with van der Waals surface area (Å²) in [6, 6.07) is 8.15. The Bertz CT molecular complexity index is 624. The molecule has 1 heterocycles. The molecule has 0 saturated carbocycles. The summed E-state index contributed by atoms with van der Waals surface area (Å²) >= 11 is 1.52. The molecule has 0 radical (unpaired) electrons. The maximum Gasteiger partial charge on any atom is 0.230 e. The molecule has 0 aliphatic rings. The Morgan fingerprint density at radius 3 is 2.91 bits per heavy atom. The van der Waals surface area contributed by atoms with E-state index in [-0.39, 0.29) is 6.04 Å². The highest BCUT2D eigenvalue weighted by atomic mass is 32.1. The minimum atomic E-state index is 0.260. The minimum Gasteiger partial charge on any atom is -0.497 e. The van der Waals surface area contributed by atoms with Gasteiger partial charge < -0.3 is 4.74 Å². The van der Waals surface area contributed by atoms with Gasteiger partial charge in [-0.3, -0.25) is 0 Å². The van der Waals surface area contributed by atoms with Gasteiger partial charge in [0, 0.05) is 10.9 Å². The molecule has 0 fully saturated rings. The summed E-state index contributed by atoms with van der Waals surface area (Å²) in [5, 5.41) is 11.4. The van der Waals surface area contributed by atoms with Gasteiger partial charge in [-0.25, -0.2) is 4.98 Å². The van der Waals surface area contributed by atoms with Crippen LogP contribution in [0.15, 0.2) is 39.9 Å². The molecule has 23 heavy (non-hydrogen) atoms. The molecule has 124 valence electrons. The SMILES string of the molecule is CCCCCCC(C)N=Nc1nc(-c2cccc(OC)c2)cs1. The molecule has 1 aromatic heterocycles. The molecule has 1 atom stereocenters. The Morgan fingerprint density at radius 1 is 1.26 bits per heavy atom. The molecule has 4 nitrogen and oxygen atoms in total. The Morgan fingerprint density at radius 2 is 2.13 bits per heavy atom. The van der Waals surface area contributed by atoms with Crippen LogP contribution >= 0.6 is 11.3 Å². The van der Waals surface area contributed by atoms with E-state index in [1.165, 1.54) is 37.0 Å². The maximum atomic E-state index is 5.25. The number of hydrogen-bond acceptors (Lipinski definition) is 5. The Labute approximate surface area is 142 Å². The molecular weight excluding hydrogens is 306 g/mol. The lowest BCUT2D eigenvalue weighted by atomic mass is 10.1. The van der Waals surface area contributed by atoms with Crippen molar-refractivity contribution in [3.63, 3.8) is 0 Å². The second-order valence-corrected chi connectivity index (χ2v) is 6.50. The number of hydrogen-bond donors (Lipinski definition) is 0. The highest BCUT2D eigenvalue weighted by Crippen LogP contribution is 2.29. The maximum absolute atomic E-state index is 5.25. The van der Waals surface area contributed by atoms with E-state index >= 15 is 0 Å². The smallest absolute Gasteiger partial charge is 0.230 e. The zero-order chi connectivity index (χ0) is 16.5. The van der Waals surface area contributed by atoms with Crippen LogP contribution in [0.1, 0.15) is 46.0 Å². The second-order valence-electron chi connectivity index (χ2n) is 5.66. The first kappa shape index (κ1) is 17.6. The first-order chi connectivity index (χ1) is 11.2. The fraction of sp³-hybridized carbons (Fsp3) is 0.500. The van der Waals surface area contributed by atoms with Gasteiger partial charge in [0.2, 0.25) is 5.13 Å². The molecule has 2 rings (SSSR count).